The molecule has 3 aromatic rings. The Labute approximate surface area is 146 Å². The smallest absolute Gasteiger partial charge is 0.359 e. The van der Waals surface area contributed by atoms with Gasteiger partial charge in [-0.05, 0) is 51.0 Å². The van der Waals surface area contributed by atoms with Gasteiger partial charge in [0.25, 0.3) is 0 Å². The molecule has 0 amide bonds. The fourth-order valence-corrected chi connectivity index (χ4v) is 3.14. The Morgan fingerprint density at radius 2 is 1.76 bits per heavy atom. The fraction of sp³-hybridized carbons (Fsp3) is 0.250. The summed E-state index contributed by atoms with van der Waals surface area (Å²) < 4.78 is 7.00. The van der Waals surface area contributed by atoms with Crippen LogP contribution in [0.5, 0.6) is 0 Å². The van der Waals surface area contributed by atoms with Gasteiger partial charge in [-0.3, -0.25) is 4.79 Å². The van der Waals surface area contributed by atoms with Crippen LogP contribution < -0.4 is 0 Å². The van der Waals surface area contributed by atoms with Crippen molar-refractivity contribution in [3.63, 3.8) is 0 Å². The van der Waals surface area contributed by atoms with Crippen LogP contribution in [0, 0.1) is 27.7 Å². The molecule has 0 atom stereocenters. The summed E-state index contributed by atoms with van der Waals surface area (Å²) in [5, 5.41) is 0. The number of esters is 1. The van der Waals surface area contributed by atoms with Crippen molar-refractivity contribution in [3.8, 4) is 0 Å². The largest absolute Gasteiger partial charge is 0.453 e. The monoisotopic (exact) mass is 336 g/mol. The van der Waals surface area contributed by atoms with E-state index in [1.807, 2.05) is 62.4 Å². The normalized spacial score (nSPS) is 10.9. The van der Waals surface area contributed by atoms with E-state index in [0.717, 1.165) is 22.4 Å². The molecular weight excluding hydrogens is 316 g/mol. The van der Waals surface area contributed by atoms with Crippen LogP contribution in [-0.4, -0.2) is 27.7 Å². The lowest BCUT2D eigenvalue weighted by Gasteiger charge is -2.10. The summed E-state index contributed by atoms with van der Waals surface area (Å²) in [7, 11) is 0. The summed E-state index contributed by atoms with van der Waals surface area (Å²) in [6, 6.07) is 9.52. The minimum absolute atomic E-state index is 0.194. The van der Waals surface area contributed by atoms with Crippen molar-refractivity contribution in [2.75, 3.05) is 6.61 Å². The maximum atomic E-state index is 12.5. The van der Waals surface area contributed by atoms with Crippen LogP contribution in [0.4, 0.5) is 0 Å². The molecule has 0 spiro atoms. The number of hydrogen-bond donors (Lipinski definition) is 0. The molecule has 0 saturated carbocycles. The summed E-state index contributed by atoms with van der Waals surface area (Å²) in [5.74, 6) is -0.804. The lowest BCUT2D eigenvalue weighted by molar-refractivity contribution is 0.0469. The number of pyridine rings is 1. The molecule has 0 aliphatic heterocycles. The second kappa shape index (κ2) is 6.51. The molecule has 1 aromatic carbocycles. The van der Waals surface area contributed by atoms with Crippen molar-refractivity contribution >= 4 is 17.4 Å². The van der Waals surface area contributed by atoms with Crippen LogP contribution in [0.25, 0.3) is 5.65 Å². The number of fused-ring (bicyclic) bond motifs is 1. The number of nitrogens with zero attached hydrogens (tertiary/aromatic N) is 2. The molecule has 0 radical (unpaired) electrons. The van der Waals surface area contributed by atoms with Gasteiger partial charge in [0.1, 0.15) is 5.65 Å². The van der Waals surface area contributed by atoms with Crippen LogP contribution in [0.3, 0.4) is 0 Å². The van der Waals surface area contributed by atoms with Crippen LogP contribution in [0.1, 0.15) is 43.2 Å². The van der Waals surface area contributed by atoms with E-state index in [0.29, 0.717) is 11.2 Å². The van der Waals surface area contributed by atoms with Gasteiger partial charge in [0, 0.05) is 17.5 Å². The second-order valence-electron chi connectivity index (χ2n) is 6.29. The molecule has 0 saturated heterocycles. The Kier molecular flexibility index (Phi) is 4.40. The number of ether oxygens (including phenoxy) is 1. The number of benzene rings is 1. The first-order valence-electron chi connectivity index (χ1n) is 8.09. The van der Waals surface area contributed by atoms with E-state index in [1.54, 1.807) is 6.20 Å². The molecule has 128 valence electrons. The SMILES string of the molecule is Cc1cc(C)c(C(=O)COC(=O)c2cn3c(C)cccc3n2)c(C)c1. The highest BCUT2D eigenvalue weighted by Gasteiger charge is 2.18. The standard InChI is InChI=1S/C20H20N2O3/c1-12-8-13(2)19(14(3)9-12)17(23)11-25-20(24)16-10-22-15(4)6-5-7-18(22)21-16/h5-10H,11H2,1-4H3. The van der Waals surface area contributed by atoms with Gasteiger partial charge in [-0.1, -0.05) is 23.8 Å². The molecule has 0 N–H and O–H groups in total. The molecule has 2 heterocycles. The molecular formula is C20H20N2O3. The van der Waals surface area contributed by atoms with E-state index in [2.05, 4.69) is 4.98 Å². The average molecular weight is 336 g/mol. The Morgan fingerprint density at radius 3 is 2.40 bits per heavy atom. The van der Waals surface area contributed by atoms with Crippen molar-refractivity contribution in [2.24, 2.45) is 0 Å². The molecule has 0 aliphatic carbocycles. The number of imidazole rings is 1. The number of hydrogen-bond acceptors (Lipinski definition) is 4. The molecule has 0 bridgehead atoms. The highest BCUT2D eigenvalue weighted by Crippen LogP contribution is 2.17. The molecule has 5 heteroatoms. The lowest BCUT2D eigenvalue weighted by Crippen LogP contribution is -2.16. The number of carbonyl (C=O) groups is 2. The van der Waals surface area contributed by atoms with Gasteiger partial charge in [-0.25, -0.2) is 9.78 Å². The second-order valence-corrected chi connectivity index (χ2v) is 6.29. The maximum Gasteiger partial charge on any atom is 0.359 e. The fourth-order valence-electron chi connectivity index (χ4n) is 3.14. The van der Waals surface area contributed by atoms with E-state index < -0.39 is 5.97 Å². The van der Waals surface area contributed by atoms with E-state index in [9.17, 15) is 9.59 Å². The summed E-state index contributed by atoms with van der Waals surface area (Å²) >= 11 is 0. The third-order valence-electron chi connectivity index (χ3n) is 4.20. The molecule has 0 aliphatic rings. The number of aromatic nitrogens is 2. The molecule has 0 fully saturated rings. The molecule has 25 heavy (non-hydrogen) atoms. The number of ketones is 1. The van der Waals surface area contributed by atoms with E-state index >= 15 is 0 Å². The zero-order valence-corrected chi connectivity index (χ0v) is 14.8. The Hall–Kier alpha value is -2.95. The van der Waals surface area contributed by atoms with Crippen LogP contribution >= 0.6 is 0 Å². The molecule has 3 rings (SSSR count). The van der Waals surface area contributed by atoms with E-state index in [4.69, 9.17) is 4.74 Å². The Morgan fingerprint density at radius 1 is 1.08 bits per heavy atom. The Bertz CT molecular complexity index is 963. The quantitative estimate of drug-likeness (QED) is 0.539. The lowest BCUT2D eigenvalue weighted by atomic mass is 9.97. The zero-order valence-electron chi connectivity index (χ0n) is 14.8. The van der Waals surface area contributed by atoms with Crippen LogP contribution in [0.2, 0.25) is 0 Å². The van der Waals surface area contributed by atoms with Gasteiger partial charge in [-0.15, -0.1) is 0 Å². The van der Waals surface area contributed by atoms with E-state index in [-0.39, 0.29) is 18.1 Å². The predicted molar refractivity (Wildman–Crippen MR) is 95.2 cm³/mol. The van der Waals surface area contributed by atoms with Crippen LogP contribution in [0.15, 0.2) is 36.5 Å². The van der Waals surface area contributed by atoms with Crippen molar-refractivity contribution in [1.82, 2.24) is 9.38 Å². The number of Topliss-reactive ketones (excluding diaryl/α,β-unsaturated/α-hetero) is 1. The van der Waals surface area contributed by atoms with Gasteiger partial charge in [-0.2, -0.15) is 0 Å². The number of rotatable bonds is 4. The van der Waals surface area contributed by atoms with Gasteiger partial charge in [0.15, 0.2) is 12.3 Å². The van der Waals surface area contributed by atoms with Gasteiger partial charge >= 0.3 is 5.97 Å². The minimum atomic E-state index is -0.598. The summed E-state index contributed by atoms with van der Waals surface area (Å²) in [6.45, 7) is 7.40. The average Bonchev–Trinajstić information content (AvgIpc) is 2.97. The zero-order chi connectivity index (χ0) is 18.1. The highest BCUT2D eigenvalue weighted by molar-refractivity contribution is 6.01. The number of aryl methyl sites for hydroxylation is 4. The number of carbonyl (C=O) groups excluding carboxylic acids is 2. The van der Waals surface area contributed by atoms with Crippen LogP contribution in [-0.2, 0) is 4.74 Å². The summed E-state index contributed by atoms with van der Waals surface area (Å²) in [5.41, 5.74) is 5.32. The molecule has 5 nitrogen and oxygen atoms in total. The van der Waals surface area contributed by atoms with Gasteiger partial charge in [0.05, 0.1) is 0 Å². The third-order valence-corrected chi connectivity index (χ3v) is 4.20. The van der Waals surface area contributed by atoms with Gasteiger partial charge in [0.2, 0.25) is 5.78 Å². The maximum absolute atomic E-state index is 12.5. The van der Waals surface area contributed by atoms with Crippen molar-refractivity contribution in [1.29, 1.82) is 0 Å². The van der Waals surface area contributed by atoms with Crippen molar-refractivity contribution < 1.29 is 14.3 Å². The summed E-state index contributed by atoms with van der Waals surface area (Å²) in [4.78, 5) is 28.9. The highest BCUT2D eigenvalue weighted by atomic mass is 16.5. The topological polar surface area (TPSA) is 60.7 Å². The first-order valence-corrected chi connectivity index (χ1v) is 8.09. The van der Waals surface area contributed by atoms with Crippen molar-refractivity contribution in [2.45, 2.75) is 27.7 Å². The third kappa shape index (κ3) is 3.31. The minimum Gasteiger partial charge on any atom is -0.453 e. The molecule has 2 aromatic heterocycles. The Balaban J connectivity index is 1.75. The molecule has 0 unspecified atom stereocenters. The first-order chi connectivity index (χ1) is 11.9. The first kappa shape index (κ1) is 16.9. The van der Waals surface area contributed by atoms with Crippen molar-refractivity contribution in [3.05, 3.63) is 70.2 Å². The summed E-state index contributed by atoms with van der Waals surface area (Å²) in [6.07, 6.45) is 1.62. The van der Waals surface area contributed by atoms with Gasteiger partial charge < -0.3 is 9.14 Å². The van der Waals surface area contributed by atoms with E-state index in [1.165, 1.54) is 0 Å². The predicted octanol–water partition coefficient (Wildman–Crippen LogP) is 3.61.